The van der Waals surface area contributed by atoms with Crippen LogP contribution in [0.2, 0.25) is 0 Å². The van der Waals surface area contributed by atoms with E-state index in [1.165, 1.54) is 0 Å². The Kier molecular flexibility index (Phi) is 9.26. The van der Waals surface area contributed by atoms with Crippen molar-refractivity contribution >= 4 is 17.6 Å². The highest BCUT2D eigenvalue weighted by Gasteiger charge is 2.12. The SMILES string of the molecule is CNC(=O)N(CCOc1ccc(-c2ccc(OCCCCl)cc2)cc1)Cc1ccccc1. The largest absolute Gasteiger partial charge is 0.494 e. The first kappa shape index (κ1) is 23.5. The maximum atomic E-state index is 12.2. The molecule has 0 aliphatic carbocycles. The first-order valence-electron chi connectivity index (χ1n) is 10.7. The Morgan fingerprint density at radius 1 is 0.844 bits per heavy atom. The van der Waals surface area contributed by atoms with E-state index in [-0.39, 0.29) is 6.03 Å². The van der Waals surface area contributed by atoms with Crippen LogP contribution in [0.5, 0.6) is 11.5 Å². The molecule has 0 unspecified atom stereocenters. The monoisotopic (exact) mass is 452 g/mol. The van der Waals surface area contributed by atoms with Crippen LogP contribution in [-0.2, 0) is 6.54 Å². The normalized spacial score (nSPS) is 10.4. The Balaban J connectivity index is 1.52. The van der Waals surface area contributed by atoms with Crippen LogP contribution in [0, 0.1) is 0 Å². The molecule has 0 saturated heterocycles. The van der Waals surface area contributed by atoms with Crippen molar-refractivity contribution in [1.82, 2.24) is 10.2 Å². The molecule has 3 aromatic rings. The molecule has 0 fully saturated rings. The molecule has 0 radical (unpaired) electrons. The molecule has 3 rings (SSSR count). The van der Waals surface area contributed by atoms with Crippen molar-refractivity contribution in [3.8, 4) is 22.6 Å². The van der Waals surface area contributed by atoms with Crippen molar-refractivity contribution < 1.29 is 14.3 Å². The standard InChI is InChI=1S/C26H29ClN2O3/c1-28-26(30)29(20-21-6-3-2-4-7-21)17-19-32-25-14-10-23(11-15-25)22-8-12-24(13-9-22)31-18-5-16-27/h2-4,6-15H,5,16-20H2,1H3,(H,28,30). The zero-order valence-corrected chi connectivity index (χ0v) is 19.1. The summed E-state index contributed by atoms with van der Waals surface area (Å²) >= 11 is 5.68. The quantitative estimate of drug-likeness (QED) is 0.305. The van der Waals surface area contributed by atoms with Gasteiger partial charge in [-0.2, -0.15) is 0 Å². The maximum Gasteiger partial charge on any atom is 0.317 e. The summed E-state index contributed by atoms with van der Waals surface area (Å²) in [7, 11) is 1.64. The fraction of sp³-hybridized carbons (Fsp3) is 0.269. The maximum absolute atomic E-state index is 12.2. The van der Waals surface area contributed by atoms with Crippen molar-refractivity contribution in [2.45, 2.75) is 13.0 Å². The molecule has 6 heteroatoms. The predicted molar refractivity (Wildman–Crippen MR) is 130 cm³/mol. The van der Waals surface area contributed by atoms with Crippen molar-refractivity contribution in [2.75, 3.05) is 32.7 Å². The highest BCUT2D eigenvalue weighted by Crippen LogP contribution is 2.24. The van der Waals surface area contributed by atoms with E-state index in [1.54, 1.807) is 11.9 Å². The van der Waals surface area contributed by atoms with Gasteiger partial charge in [0.1, 0.15) is 18.1 Å². The summed E-state index contributed by atoms with van der Waals surface area (Å²) < 4.78 is 11.5. The molecule has 0 aromatic heterocycles. The van der Waals surface area contributed by atoms with Crippen molar-refractivity contribution in [3.63, 3.8) is 0 Å². The van der Waals surface area contributed by atoms with Gasteiger partial charge in [-0.15, -0.1) is 11.6 Å². The first-order chi connectivity index (χ1) is 15.7. The zero-order valence-electron chi connectivity index (χ0n) is 18.3. The van der Waals surface area contributed by atoms with Gasteiger partial charge in [0.25, 0.3) is 0 Å². The van der Waals surface area contributed by atoms with Gasteiger partial charge in [-0.1, -0.05) is 54.6 Å². The van der Waals surface area contributed by atoms with Gasteiger partial charge in [0.2, 0.25) is 0 Å². The summed E-state index contributed by atoms with van der Waals surface area (Å²) in [5.41, 5.74) is 3.28. The van der Waals surface area contributed by atoms with Crippen LogP contribution in [0.3, 0.4) is 0 Å². The van der Waals surface area contributed by atoms with E-state index in [9.17, 15) is 4.79 Å². The molecular weight excluding hydrogens is 424 g/mol. The summed E-state index contributed by atoms with van der Waals surface area (Å²) in [6, 6.07) is 25.8. The minimum absolute atomic E-state index is 0.122. The molecule has 5 nitrogen and oxygen atoms in total. The van der Waals surface area contributed by atoms with Crippen molar-refractivity contribution in [1.29, 1.82) is 0 Å². The second kappa shape index (κ2) is 12.6. The number of halogens is 1. The molecule has 0 heterocycles. The minimum Gasteiger partial charge on any atom is -0.494 e. The third-order valence-electron chi connectivity index (χ3n) is 4.94. The fourth-order valence-electron chi connectivity index (χ4n) is 3.22. The van der Waals surface area contributed by atoms with Crippen LogP contribution in [0.25, 0.3) is 11.1 Å². The molecule has 1 N–H and O–H groups in total. The first-order valence-corrected chi connectivity index (χ1v) is 11.3. The van der Waals surface area contributed by atoms with Crippen molar-refractivity contribution in [3.05, 3.63) is 84.4 Å². The number of alkyl halides is 1. The number of carbonyl (C=O) groups is 1. The molecule has 0 aliphatic heterocycles. The second-order valence-electron chi connectivity index (χ2n) is 7.25. The van der Waals surface area contributed by atoms with E-state index < -0.39 is 0 Å². The second-order valence-corrected chi connectivity index (χ2v) is 7.63. The van der Waals surface area contributed by atoms with Gasteiger partial charge in [0.05, 0.1) is 13.2 Å². The lowest BCUT2D eigenvalue weighted by Crippen LogP contribution is -2.40. The van der Waals surface area contributed by atoms with Crippen LogP contribution in [0.1, 0.15) is 12.0 Å². The zero-order chi connectivity index (χ0) is 22.6. The number of nitrogens with zero attached hydrogens (tertiary/aromatic N) is 1. The molecule has 0 saturated carbocycles. The fourth-order valence-corrected chi connectivity index (χ4v) is 3.33. The Morgan fingerprint density at radius 3 is 1.94 bits per heavy atom. The lowest BCUT2D eigenvalue weighted by Gasteiger charge is -2.22. The highest BCUT2D eigenvalue weighted by atomic mass is 35.5. The Labute approximate surface area is 194 Å². The van der Waals surface area contributed by atoms with Crippen molar-refractivity contribution in [2.24, 2.45) is 0 Å². The van der Waals surface area contributed by atoms with Crippen LogP contribution in [-0.4, -0.2) is 43.6 Å². The number of nitrogens with one attached hydrogen (secondary N) is 1. The number of amides is 2. The summed E-state index contributed by atoms with van der Waals surface area (Å²) in [6.45, 7) is 2.06. The van der Waals surface area contributed by atoms with Crippen LogP contribution >= 0.6 is 11.6 Å². The lowest BCUT2D eigenvalue weighted by molar-refractivity contribution is 0.181. The Hall–Kier alpha value is -3.18. The number of ether oxygens (including phenoxy) is 2. The van der Waals surface area contributed by atoms with Gasteiger partial charge in [-0.3, -0.25) is 0 Å². The summed E-state index contributed by atoms with van der Waals surface area (Å²) in [5.74, 6) is 2.21. The van der Waals surface area contributed by atoms with E-state index in [4.69, 9.17) is 21.1 Å². The van der Waals surface area contributed by atoms with E-state index in [0.29, 0.717) is 32.2 Å². The van der Waals surface area contributed by atoms with E-state index >= 15 is 0 Å². The molecule has 0 spiro atoms. The summed E-state index contributed by atoms with van der Waals surface area (Å²) in [4.78, 5) is 13.9. The third-order valence-corrected chi connectivity index (χ3v) is 5.20. The van der Waals surface area contributed by atoms with Gasteiger partial charge in [-0.25, -0.2) is 4.79 Å². The topological polar surface area (TPSA) is 50.8 Å². The average Bonchev–Trinajstić information content (AvgIpc) is 2.84. The lowest BCUT2D eigenvalue weighted by atomic mass is 10.1. The predicted octanol–water partition coefficient (Wildman–Crippen LogP) is 5.58. The number of urea groups is 1. The summed E-state index contributed by atoms with van der Waals surface area (Å²) in [6.07, 6.45) is 0.831. The smallest absolute Gasteiger partial charge is 0.317 e. The van der Waals surface area contributed by atoms with E-state index in [0.717, 1.165) is 34.6 Å². The van der Waals surface area contributed by atoms with Crippen LogP contribution in [0.15, 0.2) is 78.9 Å². The van der Waals surface area contributed by atoms with Gasteiger partial charge < -0.3 is 19.7 Å². The number of rotatable bonds is 11. The van der Waals surface area contributed by atoms with Crippen LogP contribution in [0.4, 0.5) is 4.79 Å². The van der Waals surface area contributed by atoms with E-state index in [1.807, 2.05) is 78.9 Å². The van der Waals surface area contributed by atoms with Gasteiger partial charge >= 0.3 is 6.03 Å². The Morgan fingerprint density at radius 2 is 1.41 bits per heavy atom. The number of benzene rings is 3. The third kappa shape index (κ3) is 7.20. The van der Waals surface area contributed by atoms with Crippen LogP contribution < -0.4 is 14.8 Å². The molecule has 0 bridgehead atoms. The molecule has 0 aliphatic rings. The minimum atomic E-state index is -0.122. The number of hydrogen-bond donors (Lipinski definition) is 1. The van der Waals surface area contributed by atoms with Gasteiger partial charge in [-0.05, 0) is 47.4 Å². The average molecular weight is 453 g/mol. The van der Waals surface area contributed by atoms with E-state index in [2.05, 4.69) is 5.32 Å². The summed E-state index contributed by atoms with van der Waals surface area (Å²) in [5, 5.41) is 2.69. The highest BCUT2D eigenvalue weighted by molar-refractivity contribution is 6.17. The Bertz CT molecular complexity index is 947. The molecule has 0 atom stereocenters. The van der Waals surface area contributed by atoms with Gasteiger partial charge in [0.15, 0.2) is 0 Å². The molecule has 2 amide bonds. The molecule has 3 aromatic carbocycles. The molecular formula is C26H29ClN2O3. The van der Waals surface area contributed by atoms with Gasteiger partial charge in [0, 0.05) is 19.5 Å². The number of carbonyl (C=O) groups excluding carboxylic acids is 1. The molecule has 168 valence electrons. The molecule has 32 heavy (non-hydrogen) atoms. The number of hydrogen-bond acceptors (Lipinski definition) is 3.